The predicted molar refractivity (Wildman–Crippen MR) is 53.3 cm³/mol. The first-order chi connectivity index (χ1) is 6.42. The molecule has 0 heterocycles. The lowest BCUT2D eigenvalue weighted by Crippen LogP contribution is -2.34. The molecule has 0 heteroatoms. The molecule has 2 unspecified atom stereocenters. The predicted octanol–water partition coefficient (Wildman–Crippen LogP) is 3.37. The quantitative estimate of drug-likeness (QED) is 0.557. The van der Waals surface area contributed by atoms with E-state index >= 15 is 0 Å². The average molecular weight is 170 g/mol. The van der Waals surface area contributed by atoms with Gasteiger partial charge in [-0.15, -0.1) is 0 Å². The molecule has 0 aromatic rings. The van der Waals surface area contributed by atoms with Crippen LogP contribution in [0.15, 0.2) is 34.4 Å². The maximum atomic E-state index is 2.53. The third-order valence-corrected chi connectivity index (χ3v) is 4.39. The third-order valence-electron chi connectivity index (χ3n) is 4.39. The van der Waals surface area contributed by atoms with Crippen LogP contribution in [0, 0.1) is 11.8 Å². The van der Waals surface area contributed by atoms with Crippen LogP contribution in [0.5, 0.6) is 0 Å². The Morgan fingerprint density at radius 3 is 2.62 bits per heavy atom. The fourth-order valence-corrected chi connectivity index (χ4v) is 3.17. The largest absolute Gasteiger partial charge is 0.0810 e. The van der Waals surface area contributed by atoms with E-state index in [1.807, 2.05) is 0 Å². The van der Waals surface area contributed by atoms with Crippen LogP contribution in [0.4, 0.5) is 0 Å². The zero-order valence-corrected chi connectivity index (χ0v) is 7.84. The standard InChI is InChI=1S/C13H14/c1-3-12-8(1)5-10(12)7-11-6-9-2-4-13(9)11/h5-6,8,12H,1-4,7H2. The van der Waals surface area contributed by atoms with Gasteiger partial charge in [-0.05, 0) is 60.7 Å². The van der Waals surface area contributed by atoms with Crippen LogP contribution in [0.2, 0.25) is 0 Å². The van der Waals surface area contributed by atoms with E-state index in [-0.39, 0.29) is 0 Å². The molecular formula is C13H14. The summed E-state index contributed by atoms with van der Waals surface area (Å²) in [6, 6.07) is 0. The first-order valence-corrected chi connectivity index (χ1v) is 5.55. The zero-order chi connectivity index (χ0) is 8.41. The Hall–Kier alpha value is -0.780. The SMILES string of the molecule is C1=C2CCC2=C1CC1=CC2CCC12. The average Bonchev–Trinajstić information content (AvgIpc) is 2.07. The molecule has 0 saturated heterocycles. The summed E-state index contributed by atoms with van der Waals surface area (Å²) in [7, 11) is 0. The van der Waals surface area contributed by atoms with Crippen LogP contribution >= 0.6 is 0 Å². The lowest BCUT2D eigenvalue weighted by Gasteiger charge is -2.46. The molecule has 0 bridgehead atoms. The molecule has 4 rings (SSSR count). The van der Waals surface area contributed by atoms with Gasteiger partial charge in [0.1, 0.15) is 0 Å². The van der Waals surface area contributed by atoms with Crippen molar-refractivity contribution >= 4 is 0 Å². The summed E-state index contributed by atoms with van der Waals surface area (Å²) in [5, 5.41) is 0. The zero-order valence-electron chi connectivity index (χ0n) is 7.84. The van der Waals surface area contributed by atoms with E-state index in [0.29, 0.717) is 0 Å². The second-order valence-electron chi connectivity index (χ2n) is 4.94. The van der Waals surface area contributed by atoms with E-state index in [9.17, 15) is 0 Å². The second kappa shape index (κ2) is 2.00. The molecule has 4 aliphatic carbocycles. The summed E-state index contributed by atoms with van der Waals surface area (Å²) in [5.41, 5.74) is 6.84. The normalized spacial score (nSPS) is 38.5. The monoisotopic (exact) mass is 170 g/mol. The van der Waals surface area contributed by atoms with Crippen molar-refractivity contribution in [1.29, 1.82) is 0 Å². The van der Waals surface area contributed by atoms with Gasteiger partial charge >= 0.3 is 0 Å². The van der Waals surface area contributed by atoms with Gasteiger partial charge in [-0.25, -0.2) is 0 Å². The summed E-state index contributed by atoms with van der Waals surface area (Å²) in [6.07, 6.45) is 12.0. The van der Waals surface area contributed by atoms with Crippen molar-refractivity contribution in [2.45, 2.75) is 32.1 Å². The van der Waals surface area contributed by atoms with Gasteiger partial charge in [0, 0.05) is 0 Å². The summed E-state index contributed by atoms with van der Waals surface area (Å²) in [5.74, 6) is 2.02. The molecule has 0 nitrogen and oxygen atoms in total. The summed E-state index contributed by atoms with van der Waals surface area (Å²) in [4.78, 5) is 0. The van der Waals surface area contributed by atoms with Crippen LogP contribution in [0.25, 0.3) is 0 Å². The topological polar surface area (TPSA) is 0 Å². The highest BCUT2D eigenvalue weighted by atomic mass is 14.4. The first-order valence-electron chi connectivity index (χ1n) is 5.55. The molecule has 0 spiro atoms. The number of hydrogen-bond donors (Lipinski definition) is 0. The van der Waals surface area contributed by atoms with Crippen molar-refractivity contribution in [2.75, 3.05) is 0 Å². The fourth-order valence-electron chi connectivity index (χ4n) is 3.17. The van der Waals surface area contributed by atoms with E-state index in [1.54, 1.807) is 22.3 Å². The van der Waals surface area contributed by atoms with Crippen molar-refractivity contribution < 1.29 is 0 Å². The van der Waals surface area contributed by atoms with Crippen molar-refractivity contribution in [1.82, 2.24) is 0 Å². The van der Waals surface area contributed by atoms with Gasteiger partial charge in [0.25, 0.3) is 0 Å². The molecule has 0 aromatic heterocycles. The van der Waals surface area contributed by atoms with Crippen molar-refractivity contribution in [2.24, 2.45) is 11.8 Å². The number of fused-ring (bicyclic) bond motifs is 2. The van der Waals surface area contributed by atoms with E-state index in [2.05, 4.69) is 12.2 Å². The van der Waals surface area contributed by atoms with E-state index in [1.165, 1.54) is 32.1 Å². The molecule has 4 aliphatic rings. The summed E-state index contributed by atoms with van der Waals surface area (Å²) >= 11 is 0. The van der Waals surface area contributed by atoms with E-state index < -0.39 is 0 Å². The summed E-state index contributed by atoms with van der Waals surface area (Å²) in [6.45, 7) is 0. The van der Waals surface area contributed by atoms with E-state index in [4.69, 9.17) is 0 Å². The van der Waals surface area contributed by atoms with Gasteiger partial charge < -0.3 is 0 Å². The maximum absolute atomic E-state index is 2.53. The Kier molecular flexibility index (Phi) is 1.02. The highest BCUT2D eigenvalue weighted by Gasteiger charge is 2.40. The lowest BCUT2D eigenvalue weighted by molar-refractivity contribution is 0.221. The molecule has 66 valence electrons. The van der Waals surface area contributed by atoms with Gasteiger partial charge in [-0.1, -0.05) is 17.7 Å². The lowest BCUT2D eigenvalue weighted by atomic mass is 9.58. The molecule has 2 fully saturated rings. The number of hydrogen-bond acceptors (Lipinski definition) is 0. The molecule has 13 heavy (non-hydrogen) atoms. The molecule has 0 aromatic carbocycles. The minimum absolute atomic E-state index is 1.01. The molecule has 2 atom stereocenters. The van der Waals surface area contributed by atoms with Gasteiger partial charge in [0.15, 0.2) is 0 Å². The van der Waals surface area contributed by atoms with Crippen molar-refractivity contribution in [3.63, 3.8) is 0 Å². The van der Waals surface area contributed by atoms with Crippen molar-refractivity contribution in [3.05, 3.63) is 34.4 Å². The van der Waals surface area contributed by atoms with Crippen molar-refractivity contribution in [3.8, 4) is 0 Å². The third kappa shape index (κ3) is 0.688. The highest BCUT2D eigenvalue weighted by Crippen LogP contribution is 2.53. The molecule has 0 amide bonds. The maximum Gasteiger partial charge on any atom is -0.00611 e. The van der Waals surface area contributed by atoms with Crippen LogP contribution < -0.4 is 0 Å². The summed E-state index contributed by atoms with van der Waals surface area (Å²) < 4.78 is 0. The smallest absolute Gasteiger partial charge is 0.00611 e. The Morgan fingerprint density at radius 1 is 1.23 bits per heavy atom. The van der Waals surface area contributed by atoms with Gasteiger partial charge in [-0.2, -0.15) is 0 Å². The van der Waals surface area contributed by atoms with Gasteiger partial charge in [-0.3, -0.25) is 0 Å². The first kappa shape index (κ1) is 6.64. The Labute approximate surface area is 79.0 Å². The van der Waals surface area contributed by atoms with Gasteiger partial charge in [0.2, 0.25) is 0 Å². The van der Waals surface area contributed by atoms with Gasteiger partial charge in [0.05, 0.1) is 0 Å². The Bertz CT molecular complexity index is 379. The molecular weight excluding hydrogens is 156 g/mol. The van der Waals surface area contributed by atoms with Crippen LogP contribution in [-0.2, 0) is 0 Å². The minimum atomic E-state index is 1.01. The number of rotatable bonds is 2. The Morgan fingerprint density at radius 2 is 2.23 bits per heavy atom. The van der Waals surface area contributed by atoms with E-state index in [0.717, 1.165) is 11.8 Å². The van der Waals surface area contributed by atoms with Crippen LogP contribution in [-0.4, -0.2) is 0 Å². The second-order valence-corrected chi connectivity index (χ2v) is 4.94. The Balaban J connectivity index is 1.52. The molecule has 0 radical (unpaired) electrons. The highest BCUT2D eigenvalue weighted by molar-refractivity contribution is 5.60. The fraction of sp³-hybridized carbons (Fsp3) is 0.538. The minimum Gasteiger partial charge on any atom is -0.0810 e. The number of allylic oxidation sites excluding steroid dienone is 6. The molecule has 0 aliphatic heterocycles. The molecule has 2 saturated carbocycles. The molecule has 0 N–H and O–H groups in total. The van der Waals surface area contributed by atoms with Crippen LogP contribution in [0.3, 0.4) is 0 Å². The van der Waals surface area contributed by atoms with Crippen LogP contribution in [0.1, 0.15) is 32.1 Å².